The number of halogens is 3. The Hall–Kier alpha value is -2.47. The van der Waals surface area contributed by atoms with Crippen LogP contribution in [0.15, 0.2) is 54.6 Å². The van der Waals surface area contributed by atoms with E-state index in [9.17, 15) is 14.9 Å². The van der Waals surface area contributed by atoms with Crippen molar-refractivity contribution in [3.63, 3.8) is 0 Å². The summed E-state index contributed by atoms with van der Waals surface area (Å²) in [6.45, 7) is -0.399. The highest BCUT2D eigenvalue weighted by Crippen LogP contribution is 2.45. The highest BCUT2D eigenvalue weighted by atomic mass is 35.6. The Bertz CT molecular complexity index is 1080. The number of fused-ring (bicyclic) bond motifs is 1. The molecule has 2 heterocycles. The lowest BCUT2D eigenvalue weighted by molar-refractivity contribution is -0.384. The maximum Gasteiger partial charge on any atom is 0.338 e. The third kappa shape index (κ3) is 5.12. The molecule has 1 N–H and O–H groups in total. The van der Waals surface area contributed by atoms with E-state index in [-0.39, 0.29) is 24.5 Å². The fourth-order valence-corrected chi connectivity index (χ4v) is 3.62. The molecule has 0 spiro atoms. The standard InChI is InChI=1S/C21H17Cl3N2O8/c22-21(23,24)19(25)33-18-15-20(11-31-18,34-17(32-15)13-4-2-1-3-5-13)10-30-16(27)12-6-8-14(9-7-12)26(28)29/h1-9,15,17-18,25H,10-11H2/t15-,17?,18-,20+/m0/s1. The first-order chi connectivity index (χ1) is 16.1. The summed E-state index contributed by atoms with van der Waals surface area (Å²) in [5.41, 5.74) is -0.626. The van der Waals surface area contributed by atoms with E-state index in [0.717, 1.165) is 0 Å². The van der Waals surface area contributed by atoms with Crippen molar-refractivity contribution in [1.82, 2.24) is 0 Å². The van der Waals surface area contributed by atoms with Gasteiger partial charge in [0, 0.05) is 17.7 Å². The lowest BCUT2D eigenvalue weighted by Gasteiger charge is -2.25. The Morgan fingerprint density at radius 2 is 1.85 bits per heavy atom. The number of nitrogens with one attached hydrogen (secondary N) is 1. The lowest BCUT2D eigenvalue weighted by Crippen LogP contribution is -2.47. The molecule has 0 aliphatic carbocycles. The van der Waals surface area contributed by atoms with Gasteiger partial charge in [0.2, 0.25) is 12.2 Å². The predicted octanol–water partition coefficient (Wildman–Crippen LogP) is 4.32. The zero-order chi connectivity index (χ0) is 24.5. The number of nitro benzene ring substituents is 1. The predicted molar refractivity (Wildman–Crippen MR) is 120 cm³/mol. The molecular weight excluding hydrogens is 515 g/mol. The summed E-state index contributed by atoms with van der Waals surface area (Å²) < 4.78 is 26.5. The van der Waals surface area contributed by atoms with Crippen LogP contribution < -0.4 is 0 Å². The van der Waals surface area contributed by atoms with Gasteiger partial charge in [0.15, 0.2) is 18.0 Å². The number of hydrogen-bond acceptors (Lipinski definition) is 9. The molecule has 13 heteroatoms. The Labute approximate surface area is 208 Å². The van der Waals surface area contributed by atoms with Crippen LogP contribution in [0, 0.1) is 15.5 Å². The van der Waals surface area contributed by atoms with Crippen LogP contribution in [0.5, 0.6) is 0 Å². The van der Waals surface area contributed by atoms with Crippen molar-refractivity contribution in [2.75, 3.05) is 13.2 Å². The van der Waals surface area contributed by atoms with Crippen LogP contribution in [-0.4, -0.2) is 51.8 Å². The molecule has 2 aliphatic heterocycles. The topological polar surface area (TPSA) is 130 Å². The van der Waals surface area contributed by atoms with Crippen LogP contribution in [-0.2, 0) is 23.7 Å². The molecule has 2 aliphatic rings. The highest BCUT2D eigenvalue weighted by molar-refractivity contribution is 6.76. The molecule has 2 aromatic carbocycles. The molecule has 0 bridgehead atoms. The van der Waals surface area contributed by atoms with Crippen molar-refractivity contribution in [3.8, 4) is 0 Å². The van der Waals surface area contributed by atoms with Gasteiger partial charge in [-0.15, -0.1) is 0 Å². The number of ether oxygens (including phenoxy) is 5. The average Bonchev–Trinajstić information content (AvgIpc) is 3.34. The molecule has 2 aromatic rings. The normalized spacial score (nSPS) is 26.0. The van der Waals surface area contributed by atoms with E-state index in [1.807, 2.05) is 6.07 Å². The van der Waals surface area contributed by atoms with Crippen molar-refractivity contribution in [1.29, 1.82) is 5.41 Å². The SMILES string of the molecule is N=C(O[C@@H]1OC[C@@]2(COC(=O)c3ccc([N+](=O)[O-])cc3)OC(c3ccccc3)O[C@@H]12)C(Cl)(Cl)Cl. The fraction of sp³-hybridized carbons (Fsp3) is 0.333. The summed E-state index contributed by atoms with van der Waals surface area (Å²) in [5.74, 6) is -1.40. The molecule has 180 valence electrons. The maximum atomic E-state index is 12.6. The first kappa shape index (κ1) is 24.6. The quantitative estimate of drug-likeness (QED) is 0.146. The molecular formula is C21H17Cl3N2O8. The zero-order valence-electron chi connectivity index (χ0n) is 17.2. The van der Waals surface area contributed by atoms with E-state index in [1.165, 1.54) is 24.3 Å². The van der Waals surface area contributed by atoms with Crippen molar-refractivity contribution in [2.24, 2.45) is 0 Å². The fourth-order valence-electron chi connectivity index (χ4n) is 3.49. The third-order valence-electron chi connectivity index (χ3n) is 5.19. The maximum absolute atomic E-state index is 12.6. The molecule has 4 rings (SSSR count). The second-order valence-corrected chi connectivity index (χ2v) is 9.77. The Morgan fingerprint density at radius 3 is 2.47 bits per heavy atom. The first-order valence-corrected chi connectivity index (χ1v) is 11.0. The summed E-state index contributed by atoms with van der Waals surface area (Å²) in [6.07, 6.45) is -2.94. The largest absolute Gasteiger partial charge is 0.459 e. The number of benzene rings is 2. The van der Waals surface area contributed by atoms with E-state index < -0.39 is 44.9 Å². The highest BCUT2D eigenvalue weighted by Gasteiger charge is 2.61. The summed E-state index contributed by atoms with van der Waals surface area (Å²) in [7, 11) is 0. The van der Waals surface area contributed by atoms with Gasteiger partial charge in [0.25, 0.3) is 9.48 Å². The van der Waals surface area contributed by atoms with Crippen LogP contribution >= 0.6 is 34.8 Å². The van der Waals surface area contributed by atoms with E-state index >= 15 is 0 Å². The number of carbonyl (C=O) groups excluding carboxylic acids is 1. The molecule has 1 unspecified atom stereocenters. The molecule has 0 radical (unpaired) electrons. The molecule has 10 nitrogen and oxygen atoms in total. The Kier molecular flexibility index (Phi) is 6.99. The van der Waals surface area contributed by atoms with Gasteiger partial charge in [-0.2, -0.15) is 0 Å². The molecule has 4 atom stereocenters. The van der Waals surface area contributed by atoms with Gasteiger partial charge in [-0.05, 0) is 12.1 Å². The van der Waals surface area contributed by atoms with Crippen molar-refractivity contribution in [3.05, 3.63) is 75.8 Å². The van der Waals surface area contributed by atoms with E-state index in [2.05, 4.69) is 0 Å². The van der Waals surface area contributed by atoms with E-state index in [4.69, 9.17) is 63.9 Å². The summed E-state index contributed by atoms with van der Waals surface area (Å²) in [5, 5.41) is 18.7. The second-order valence-electron chi connectivity index (χ2n) is 7.49. The number of esters is 1. The van der Waals surface area contributed by atoms with Crippen LogP contribution in [0.25, 0.3) is 0 Å². The number of nitrogens with zero attached hydrogens (tertiary/aromatic N) is 1. The molecule has 2 fully saturated rings. The van der Waals surface area contributed by atoms with E-state index in [1.54, 1.807) is 24.3 Å². The third-order valence-corrected chi connectivity index (χ3v) is 5.71. The minimum absolute atomic E-state index is 0.105. The molecule has 0 amide bonds. The lowest BCUT2D eigenvalue weighted by atomic mass is 10.0. The van der Waals surface area contributed by atoms with Crippen molar-refractivity contribution < 1.29 is 33.4 Å². The first-order valence-electron chi connectivity index (χ1n) is 9.83. The van der Waals surface area contributed by atoms with Gasteiger partial charge < -0.3 is 23.7 Å². The average molecular weight is 532 g/mol. The monoisotopic (exact) mass is 530 g/mol. The van der Waals surface area contributed by atoms with Crippen molar-refractivity contribution in [2.45, 2.75) is 28.1 Å². The number of non-ortho nitro benzene ring substituents is 1. The number of alkyl halides is 3. The number of nitro groups is 1. The number of rotatable bonds is 6. The molecule has 2 saturated heterocycles. The summed E-state index contributed by atoms with van der Waals surface area (Å²) in [4.78, 5) is 22.8. The minimum atomic E-state index is -2.12. The summed E-state index contributed by atoms with van der Waals surface area (Å²) in [6, 6.07) is 14.0. The van der Waals surface area contributed by atoms with Crippen LogP contribution in [0.4, 0.5) is 5.69 Å². The summed E-state index contributed by atoms with van der Waals surface area (Å²) >= 11 is 17.1. The van der Waals surface area contributed by atoms with Gasteiger partial charge in [0.05, 0.1) is 17.1 Å². The molecule has 34 heavy (non-hydrogen) atoms. The Morgan fingerprint density at radius 1 is 1.18 bits per heavy atom. The van der Waals surface area contributed by atoms with Crippen LogP contribution in [0.1, 0.15) is 22.2 Å². The number of hydrogen-bond donors (Lipinski definition) is 1. The van der Waals surface area contributed by atoms with Crippen LogP contribution in [0.2, 0.25) is 0 Å². The van der Waals surface area contributed by atoms with Gasteiger partial charge in [-0.3, -0.25) is 15.5 Å². The van der Waals surface area contributed by atoms with E-state index in [0.29, 0.717) is 5.56 Å². The van der Waals surface area contributed by atoms with Gasteiger partial charge in [-0.1, -0.05) is 65.1 Å². The number of carbonyl (C=O) groups is 1. The molecule has 0 aromatic heterocycles. The van der Waals surface area contributed by atoms with Crippen molar-refractivity contribution >= 4 is 52.4 Å². The van der Waals surface area contributed by atoms with Gasteiger partial charge >= 0.3 is 5.97 Å². The molecule has 0 saturated carbocycles. The Balaban J connectivity index is 1.51. The smallest absolute Gasteiger partial charge is 0.338 e. The second kappa shape index (κ2) is 9.65. The van der Waals surface area contributed by atoms with Gasteiger partial charge in [0.1, 0.15) is 6.61 Å². The van der Waals surface area contributed by atoms with Crippen LogP contribution in [0.3, 0.4) is 0 Å². The zero-order valence-corrected chi connectivity index (χ0v) is 19.5. The van der Waals surface area contributed by atoms with Gasteiger partial charge in [-0.25, -0.2) is 4.79 Å². The minimum Gasteiger partial charge on any atom is -0.459 e.